The Bertz CT molecular complexity index is 360. The number of hydrogen-bond donors (Lipinski definition) is 2. The van der Waals surface area contributed by atoms with Crippen LogP contribution in [0.15, 0.2) is 0 Å². The number of nitrogens with one attached hydrogen (secondary N) is 1. The zero-order chi connectivity index (χ0) is 14.6. The van der Waals surface area contributed by atoms with Crippen molar-refractivity contribution >= 4 is 12.0 Å². The summed E-state index contributed by atoms with van der Waals surface area (Å²) in [6.07, 6.45) is 5.18. The van der Waals surface area contributed by atoms with Gasteiger partial charge in [0.15, 0.2) is 0 Å². The molecule has 2 rings (SSSR count). The van der Waals surface area contributed by atoms with Crippen LogP contribution >= 0.6 is 0 Å². The number of hydrogen-bond acceptors (Lipinski definition) is 3. The molecule has 2 fully saturated rings. The molecule has 1 saturated carbocycles. The van der Waals surface area contributed by atoms with Crippen molar-refractivity contribution in [2.24, 2.45) is 0 Å². The van der Waals surface area contributed by atoms with Gasteiger partial charge in [0.1, 0.15) is 0 Å². The van der Waals surface area contributed by atoms with Crippen molar-refractivity contribution in [2.75, 3.05) is 20.3 Å². The summed E-state index contributed by atoms with van der Waals surface area (Å²) in [4.78, 5) is 25.1. The van der Waals surface area contributed by atoms with Crippen molar-refractivity contribution in [3.05, 3.63) is 0 Å². The second-order valence-electron chi connectivity index (χ2n) is 5.94. The Kier molecular flexibility index (Phi) is 4.86. The normalized spacial score (nSPS) is 22.4. The van der Waals surface area contributed by atoms with Crippen molar-refractivity contribution in [3.63, 3.8) is 0 Å². The molecule has 0 aromatic heterocycles. The second kappa shape index (κ2) is 6.43. The van der Waals surface area contributed by atoms with Gasteiger partial charge in [-0.05, 0) is 25.7 Å². The Labute approximate surface area is 119 Å². The van der Waals surface area contributed by atoms with Gasteiger partial charge in [0.05, 0.1) is 12.0 Å². The first-order valence-electron chi connectivity index (χ1n) is 7.37. The number of carbonyl (C=O) groups is 2. The van der Waals surface area contributed by atoms with Crippen LogP contribution in [-0.2, 0) is 9.53 Å². The highest BCUT2D eigenvalue weighted by Crippen LogP contribution is 2.33. The first-order chi connectivity index (χ1) is 9.52. The number of aliphatic carboxylic acids is 1. The van der Waals surface area contributed by atoms with Gasteiger partial charge >= 0.3 is 12.0 Å². The first-order valence-corrected chi connectivity index (χ1v) is 7.37. The molecule has 0 unspecified atom stereocenters. The summed E-state index contributed by atoms with van der Waals surface area (Å²) in [5.74, 6) is -0.846. The Hall–Kier alpha value is -1.30. The molecule has 114 valence electrons. The van der Waals surface area contributed by atoms with E-state index in [0.717, 1.165) is 38.5 Å². The minimum Gasteiger partial charge on any atom is -0.481 e. The highest BCUT2D eigenvalue weighted by molar-refractivity contribution is 5.77. The number of nitrogens with zero attached hydrogens (tertiary/aromatic N) is 1. The van der Waals surface area contributed by atoms with Gasteiger partial charge in [0.25, 0.3) is 0 Å². The summed E-state index contributed by atoms with van der Waals surface area (Å²) in [6.45, 7) is 1.37. The van der Waals surface area contributed by atoms with E-state index in [1.165, 1.54) is 0 Å². The van der Waals surface area contributed by atoms with Gasteiger partial charge in [-0.15, -0.1) is 0 Å². The number of urea groups is 1. The number of rotatable bonds is 4. The van der Waals surface area contributed by atoms with Crippen LogP contribution in [0.4, 0.5) is 4.79 Å². The lowest BCUT2D eigenvalue weighted by Gasteiger charge is -2.35. The number of carboxylic acid groups (broad SMARTS) is 1. The highest BCUT2D eigenvalue weighted by Gasteiger charge is 2.38. The Morgan fingerprint density at radius 1 is 1.30 bits per heavy atom. The van der Waals surface area contributed by atoms with Gasteiger partial charge in [-0.1, -0.05) is 12.8 Å². The van der Waals surface area contributed by atoms with Crippen molar-refractivity contribution in [1.82, 2.24) is 10.2 Å². The summed E-state index contributed by atoms with van der Waals surface area (Å²) < 4.78 is 5.30. The molecule has 1 aliphatic carbocycles. The zero-order valence-corrected chi connectivity index (χ0v) is 12.1. The topological polar surface area (TPSA) is 78.9 Å². The van der Waals surface area contributed by atoms with E-state index in [0.29, 0.717) is 13.2 Å². The molecule has 2 aliphatic rings. The molecule has 0 aromatic carbocycles. The monoisotopic (exact) mass is 284 g/mol. The van der Waals surface area contributed by atoms with E-state index in [4.69, 9.17) is 9.84 Å². The van der Waals surface area contributed by atoms with E-state index >= 15 is 0 Å². The number of carboxylic acids is 1. The lowest BCUT2D eigenvalue weighted by molar-refractivity contribution is -0.138. The molecule has 6 heteroatoms. The number of ether oxygens (including phenoxy) is 1. The molecule has 0 aromatic rings. The van der Waals surface area contributed by atoms with Crippen LogP contribution in [0.3, 0.4) is 0 Å². The number of carbonyl (C=O) groups excluding carboxylic acids is 1. The first kappa shape index (κ1) is 15.1. The maximum Gasteiger partial charge on any atom is 0.317 e. The molecule has 0 spiro atoms. The van der Waals surface area contributed by atoms with Crippen molar-refractivity contribution in [3.8, 4) is 0 Å². The van der Waals surface area contributed by atoms with Gasteiger partial charge in [-0.2, -0.15) is 0 Å². The molecular weight excluding hydrogens is 260 g/mol. The highest BCUT2D eigenvalue weighted by atomic mass is 16.5. The quantitative estimate of drug-likeness (QED) is 0.821. The molecule has 1 heterocycles. The fourth-order valence-corrected chi connectivity index (χ4v) is 3.24. The van der Waals surface area contributed by atoms with Crippen LogP contribution < -0.4 is 5.32 Å². The van der Waals surface area contributed by atoms with Crippen molar-refractivity contribution in [1.29, 1.82) is 0 Å². The summed E-state index contributed by atoms with van der Waals surface area (Å²) in [5.41, 5.74) is -0.553. The fourth-order valence-electron chi connectivity index (χ4n) is 3.24. The van der Waals surface area contributed by atoms with Crippen LogP contribution in [-0.4, -0.2) is 53.8 Å². The van der Waals surface area contributed by atoms with Crippen LogP contribution in [0.25, 0.3) is 0 Å². The molecule has 0 bridgehead atoms. The third-order valence-electron chi connectivity index (χ3n) is 4.48. The minimum absolute atomic E-state index is 0.0142. The van der Waals surface area contributed by atoms with Gasteiger partial charge in [-0.3, -0.25) is 4.79 Å². The van der Waals surface area contributed by atoms with Gasteiger partial charge < -0.3 is 20.1 Å². The maximum absolute atomic E-state index is 12.4. The lowest BCUT2D eigenvalue weighted by atomic mass is 9.93. The summed E-state index contributed by atoms with van der Waals surface area (Å²) in [5, 5.41) is 12.0. The third kappa shape index (κ3) is 3.62. The Morgan fingerprint density at radius 2 is 1.90 bits per heavy atom. The lowest BCUT2D eigenvalue weighted by Crippen LogP contribution is -2.54. The van der Waals surface area contributed by atoms with Crippen LogP contribution in [0, 0.1) is 0 Å². The van der Waals surface area contributed by atoms with Crippen LogP contribution in [0.2, 0.25) is 0 Å². The van der Waals surface area contributed by atoms with E-state index in [-0.39, 0.29) is 18.5 Å². The molecule has 0 atom stereocenters. The van der Waals surface area contributed by atoms with Crippen molar-refractivity contribution in [2.45, 2.75) is 56.5 Å². The van der Waals surface area contributed by atoms with Gasteiger partial charge in [0, 0.05) is 26.3 Å². The molecule has 0 radical (unpaired) electrons. The largest absolute Gasteiger partial charge is 0.481 e. The number of amides is 2. The van der Waals surface area contributed by atoms with Crippen molar-refractivity contribution < 1.29 is 19.4 Å². The average molecular weight is 284 g/mol. The molecule has 2 N–H and O–H groups in total. The standard InChI is InChI=1S/C14H24N2O4/c1-16(11-4-8-20-9-5-11)13(19)15-14(10-12(17)18)6-2-3-7-14/h11H,2-10H2,1H3,(H,15,19)(H,17,18). The van der Waals surface area contributed by atoms with E-state index in [1.807, 2.05) is 0 Å². The van der Waals surface area contributed by atoms with Crippen LogP contribution in [0.1, 0.15) is 44.9 Å². The molecular formula is C14H24N2O4. The summed E-state index contributed by atoms with van der Waals surface area (Å²) >= 11 is 0. The predicted molar refractivity (Wildman–Crippen MR) is 73.6 cm³/mol. The van der Waals surface area contributed by atoms with E-state index in [9.17, 15) is 9.59 Å². The van der Waals surface area contributed by atoms with Gasteiger partial charge in [0.2, 0.25) is 0 Å². The Morgan fingerprint density at radius 3 is 2.45 bits per heavy atom. The molecule has 1 saturated heterocycles. The zero-order valence-electron chi connectivity index (χ0n) is 12.1. The average Bonchev–Trinajstić information content (AvgIpc) is 2.86. The van der Waals surface area contributed by atoms with Gasteiger partial charge in [-0.25, -0.2) is 4.79 Å². The molecule has 6 nitrogen and oxygen atoms in total. The van der Waals surface area contributed by atoms with Crippen LogP contribution in [0.5, 0.6) is 0 Å². The predicted octanol–water partition coefficient (Wildman–Crippen LogP) is 1.59. The molecule has 1 aliphatic heterocycles. The third-order valence-corrected chi connectivity index (χ3v) is 4.48. The fraction of sp³-hybridized carbons (Fsp3) is 0.857. The molecule has 20 heavy (non-hydrogen) atoms. The van der Waals surface area contributed by atoms with E-state index in [2.05, 4.69) is 5.32 Å². The summed E-state index contributed by atoms with van der Waals surface area (Å²) in [7, 11) is 1.79. The minimum atomic E-state index is -0.846. The van der Waals surface area contributed by atoms with E-state index in [1.54, 1.807) is 11.9 Å². The second-order valence-corrected chi connectivity index (χ2v) is 5.94. The van der Waals surface area contributed by atoms with E-state index < -0.39 is 11.5 Å². The maximum atomic E-state index is 12.4. The SMILES string of the molecule is CN(C(=O)NC1(CC(=O)O)CCCC1)C1CCOCC1. The smallest absolute Gasteiger partial charge is 0.317 e. The summed E-state index contributed by atoms with van der Waals surface area (Å²) in [6, 6.07) is 0.0343. The Balaban J connectivity index is 1.95. The molecule has 2 amide bonds.